The molecule has 0 spiro atoms. The van der Waals surface area contributed by atoms with Gasteiger partial charge in [0.05, 0.1) is 0 Å². The van der Waals surface area contributed by atoms with E-state index in [9.17, 15) is 0 Å². The van der Waals surface area contributed by atoms with Gasteiger partial charge in [-0.15, -0.1) is 0 Å². The zero-order valence-electron chi connectivity index (χ0n) is 13.7. The molecular weight excluding hydrogens is 264 g/mol. The van der Waals surface area contributed by atoms with Crippen LogP contribution in [0.4, 0.5) is 11.6 Å². The smallest absolute Gasteiger partial charge is 0.145 e. The molecule has 1 heterocycles. The summed E-state index contributed by atoms with van der Waals surface area (Å²) in [6.07, 6.45) is 5.71. The van der Waals surface area contributed by atoms with Crippen LogP contribution in [0.3, 0.4) is 0 Å². The van der Waals surface area contributed by atoms with Gasteiger partial charge in [0.15, 0.2) is 0 Å². The zero-order valence-corrected chi connectivity index (χ0v) is 13.7. The van der Waals surface area contributed by atoms with Crippen molar-refractivity contribution in [3.63, 3.8) is 0 Å². The minimum absolute atomic E-state index is 0.279. The highest BCUT2D eigenvalue weighted by Gasteiger charge is 2.40. The second-order valence-corrected chi connectivity index (χ2v) is 6.25. The van der Waals surface area contributed by atoms with E-state index in [4.69, 9.17) is 5.84 Å². The summed E-state index contributed by atoms with van der Waals surface area (Å²) in [6.45, 7) is 3.11. The van der Waals surface area contributed by atoms with Gasteiger partial charge in [-0.1, -0.05) is 6.92 Å². The number of anilines is 2. The van der Waals surface area contributed by atoms with E-state index in [-0.39, 0.29) is 5.54 Å². The Hall–Kier alpha value is -1.40. The number of aromatic nitrogens is 2. The van der Waals surface area contributed by atoms with Crippen molar-refractivity contribution in [2.24, 2.45) is 5.84 Å². The van der Waals surface area contributed by atoms with Crippen molar-refractivity contribution >= 4 is 11.6 Å². The summed E-state index contributed by atoms with van der Waals surface area (Å²) in [7, 11) is 6.44. The van der Waals surface area contributed by atoms with E-state index in [0.717, 1.165) is 31.0 Å². The van der Waals surface area contributed by atoms with Gasteiger partial charge < -0.3 is 15.2 Å². The van der Waals surface area contributed by atoms with Crippen LogP contribution in [-0.4, -0.2) is 48.1 Å². The molecule has 3 N–H and O–H groups in total. The number of nitrogens with zero attached hydrogens (tertiary/aromatic N) is 4. The molecule has 0 radical (unpaired) electrons. The fraction of sp³-hybridized carbons (Fsp3) is 0.733. The predicted molar refractivity (Wildman–Crippen MR) is 87.4 cm³/mol. The molecule has 6 nitrogen and oxygen atoms in total. The first-order valence-electron chi connectivity index (χ1n) is 7.74. The zero-order chi connectivity index (χ0) is 15.5. The first-order chi connectivity index (χ1) is 10.0. The SMILES string of the molecule is CCCc1nc(NN)cc(N(C)CC2(N(C)C)CCC2)n1. The van der Waals surface area contributed by atoms with Crippen molar-refractivity contribution in [3.05, 3.63) is 11.9 Å². The molecule has 0 atom stereocenters. The lowest BCUT2D eigenvalue weighted by atomic mass is 9.75. The van der Waals surface area contributed by atoms with Crippen molar-refractivity contribution in [2.45, 2.75) is 44.6 Å². The molecular formula is C15H28N6. The third kappa shape index (κ3) is 3.44. The van der Waals surface area contributed by atoms with Gasteiger partial charge in [-0.2, -0.15) is 0 Å². The van der Waals surface area contributed by atoms with Crippen LogP contribution in [0, 0.1) is 0 Å². The molecule has 0 unspecified atom stereocenters. The number of hydrogen-bond acceptors (Lipinski definition) is 6. The van der Waals surface area contributed by atoms with Crippen LogP contribution in [0.25, 0.3) is 0 Å². The summed E-state index contributed by atoms with van der Waals surface area (Å²) in [5.74, 6) is 8.00. The number of rotatable bonds is 7. The second-order valence-electron chi connectivity index (χ2n) is 6.25. The Bertz CT molecular complexity index is 469. The van der Waals surface area contributed by atoms with Crippen molar-refractivity contribution < 1.29 is 0 Å². The summed E-state index contributed by atoms with van der Waals surface area (Å²) >= 11 is 0. The van der Waals surface area contributed by atoms with E-state index in [1.807, 2.05) is 6.07 Å². The average Bonchev–Trinajstić information content (AvgIpc) is 2.42. The van der Waals surface area contributed by atoms with Crippen molar-refractivity contribution in [2.75, 3.05) is 38.0 Å². The maximum atomic E-state index is 5.53. The lowest BCUT2D eigenvalue weighted by molar-refractivity contribution is 0.0681. The monoisotopic (exact) mass is 292 g/mol. The Labute approximate surface area is 127 Å². The Morgan fingerprint density at radius 3 is 2.48 bits per heavy atom. The van der Waals surface area contributed by atoms with E-state index in [0.29, 0.717) is 5.82 Å². The van der Waals surface area contributed by atoms with Crippen LogP contribution < -0.4 is 16.2 Å². The Morgan fingerprint density at radius 2 is 2.00 bits per heavy atom. The van der Waals surface area contributed by atoms with E-state index >= 15 is 0 Å². The van der Waals surface area contributed by atoms with E-state index in [1.54, 1.807) is 0 Å². The molecule has 0 saturated heterocycles. The fourth-order valence-corrected chi connectivity index (χ4v) is 2.94. The highest BCUT2D eigenvalue weighted by Crippen LogP contribution is 2.37. The van der Waals surface area contributed by atoms with Crippen LogP contribution in [0.1, 0.15) is 38.4 Å². The maximum absolute atomic E-state index is 5.53. The third-order valence-electron chi connectivity index (χ3n) is 4.54. The van der Waals surface area contributed by atoms with Crippen molar-refractivity contribution in [1.29, 1.82) is 0 Å². The van der Waals surface area contributed by atoms with Crippen LogP contribution in [-0.2, 0) is 6.42 Å². The summed E-state index contributed by atoms with van der Waals surface area (Å²) in [6, 6.07) is 1.92. The summed E-state index contributed by atoms with van der Waals surface area (Å²) < 4.78 is 0. The minimum Gasteiger partial charge on any atom is -0.358 e. The van der Waals surface area contributed by atoms with Crippen molar-refractivity contribution in [1.82, 2.24) is 14.9 Å². The lowest BCUT2D eigenvalue weighted by Gasteiger charge is -2.49. The van der Waals surface area contributed by atoms with Gasteiger partial charge >= 0.3 is 0 Å². The Balaban J connectivity index is 2.17. The molecule has 1 aliphatic carbocycles. The number of nitrogens with one attached hydrogen (secondary N) is 1. The van der Waals surface area contributed by atoms with Gasteiger partial charge in [0.2, 0.25) is 0 Å². The number of nitrogen functional groups attached to an aromatic ring is 1. The van der Waals surface area contributed by atoms with E-state index in [1.165, 1.54) is 19.3 Å². The number of nitrogens with two attached hydrogens (primary N) is 1. The van der Waals surface area contributed by atoms with Gasteiger partial charge in [-0.25, -0.2) is 15.8 Å². The lowest BCUT2D eigenvalue weighted by Crippen LogP contribution is -2.56. The first-order valence-corrected chi connectivity index (χ1v) is 7.74. The number of likely N-dealkylation sites (N-methyl/N-ethyl adjacent to an activating group) is 2. The Kier molecular flexibility index (Phi) is 5.00. The molecule has 21 heavy (non-hydrogen) atoms. The molecule has 2 rings (SSSR count). The molecule has 1 aromatic heterocycles. The standard InChI is InChI=1S/C15H28N6/c1-5-7-12-17-13(19-16)10-14(18-12)21(4)11-15(20(2)3)8-6-9-15/h10H,5-9,11,16H2,1-4H3,(H,17,18,19). The van der Waals surface area contributed by atoms with Crippen LogP contribution in [0.15, 0.2) is 6.07 Å². The normalized spacial score (nSPS) is 16.7. The number of hydrazine groups is 1. The van der Waals surface area contributed by atoms with Crippen LogP contribution >= 0.6 is 0 Å². The highest BCUT2D eigenvalue weighted by atomic mass is 15.3. The van der Waals surface area contributed by atoms with E-state index in [2.05, 4.69) is 53.3 Å². The van der Waals surface area contributed by atoms with Gasteiger partial charge in [0, 0.05) is 31.6 Å². The summed E-state index contributed by atoms with van der Waals surface area (Å²) in [5.41, 5.74) is 2.93. The molecule has 0 bridgehead atoms. The topological polar surface area (TPSA) is 70.3 Å². The minimum atomic E-state index is 0.279. The van der Waals surface area contributed by atoms with Crippen molar-refractivity contribution in [3.8, 4) is 0 Å². The van der Waals surface area contributed by atoms with Crippen LogP contribution in [0.5, 0.6) is 0 Å². The number of hydrogen-bond donors (Lipinski definition) is 2. The Morgan fingerprint density at radius 1 is 1.29 bits per heavy atom. The molecule has 1 fully saturated rings. The first kappa shape index (κ1) is 16.0. The van der Waals surface area contributed by atoms with E-state index < -0.39 is 0 Å². The quantitative estimate of drug-likeness (QED) is 0.588. The molecule has 0 amide bonds. The van der Waals surface area contributed by atoms with Crippen LogP contribution in [0.2, 0.25) is 0 Å². The molecule has 6 heteroatoms. The van der Waals surface area contributed by atoms with Gasteiger partial charge in [-0.05, 0) is 39.8 Å². The summed E-state index contributed by atoms with van der Waals surface area (Å²) in [5, 5.41) is 0. The molecule has 0 aliphatic heterocycles. The maximum Gasteiger partial charge on any atom is 0.145 e. The number of aryl methyl sites for hydroxylation is 1. The molecule has 1 aromatic rings. The summed E-state index contributed by atoms with van der Waals surface area (Å²) in [4.78, 5) is 13.7. The van der Waals surface area contributed by atoms with Gasteiger partial charge in [0.1, 0.15) is 17.5 Å². The highest BCUT2D eigenvalue weighted by molar-refractivity contribution is 5.48. The largest absolute Gasteiger partial charge is 0.358 e. The molecule has 118 valence electrons. The fourth-order valence-electron chi connectivity index (χ4n) is 2.94. The molecule has 1 saturated carbocycles. The predicted octanol–water partition coefficient (Wildman–Crippen LogP) is 1.64. The molecule has 1 aliphatic rings. The van der Waals surface area contributed by atoms with Gasteiger partial charge in [-0.3, -0.25) is 0 Å². The average molecular weight is 292 g/mol. The van der Waals surface area contributed by atoms with Gasteiger partial charge in [0.25, 0.3) is 0 Å². The second kappa shape index (κ2) is 6.58. The third-order valence-corrected chi connectivity index (χ3v) is 4.54. The molecule has 0 aromatic carbocycles.